The van der Waals surface area contributed by atoms with E-state index in [4.69, 9.17) is 8.83 Å². The van der Waals surface area contributed by atoms with Crippen LogP contribution >= 0.6 is 0 Å². The second kappa shape index (κ2) is 14.4. The Labute approximate surface area is 352 Å². The zero-order chi connectivity index (χ0) is 41.2. The SMILES string of the molecule is CC(C)(C)c1cc2cc(-c3ccc(N(c4ccccc4)c4ccccc4)o3)c3cc(C(C)(C)C)cc4cc(-c5ccc(N(c6ccccc6)c6ccccc6)o5)c(c1)c2c43. The standard InChI is InChI=1S/C56H48N2O2/c1-55(2,3)39-31-37-33-46(50-28-30-52(60-50)58(43-23-15-9-16-24-43)44-25-17-10-18-26-44)48-36-40(56(4,5)6)32-38-34-45(47(35-39)53(37)54(38)48)49-27-29-51(59-49)57(41-19-11-7-12-20-41)42-21-13-8-14-22-42/h7-36H,1-6H3. The van der Waals surface area contributed by atoms with Crippen molar-refractivity contribution in [2.45, 2.75) is 52.4 Å². The van der Waals surface area contributed by atoms with Crippen LogP contribution in [0.1, 0.15) is 52.7 Å². The Hall–Kier alpha value is -7.04. The molecular weight excluding hydrogens is 733 g/mol. The summed E-state index contributed by atoms with van der Waals surface area (Å²) in [4.78, 5) is 4.36. The minimum atomic E-state index is -0.100. The first-order valence-corrected chi connectivity index (χ1v) is 20.8. The van der Waals surface area contributed by atoms with E-state index in [9.17, 15) is 0 Å². The molecule has 0 fully saturated rings. The van der Waals surface area contributed by atoms with Crippen molar-refractivity contribution in [2.24, 2.45) is 0 Å². The molecule has 0 amide bonds. The Morgan fingerprint density at radius 1 is 0.350 bits per heavy atom. The molecule has 0 saturated heterocycles. The fourth-order valence-corrected chi connectivity index (χ4v) is 8.58. The van der Waals surface area contributed by atoms with Crippen molar-refractivity contribution in [3.05, 3.63) is 193 Å². The molecule has 2 aromatic heterocycles. The number of furan rings is 2. The summed E-state index contributed by atoms with van der Waals surface area (Å²) in [5, 5.41) is 7.18. The van der Waals surface area contributed by atoms with Crippen molar-refractivity contribution in [3.63, 3.8) is 0 Å². The van der Waals surface area contributed by atoms with E-state index < -0.39 is 0 Å². The third-order valence-electron chi connectivity index (χ3n) is 11.7. The van der Waals surface area contributed by atoms with Crippen LogP contribution in [-0.2, 0) is 10.8 Å². The molecule has 4 heteroatoms. The van der Waals surface area contributed by atoms with Crippen molar-refractivity contribution in [3.8, 4) is 22.6 Å². The van der Waals surface area contributed by atoms with Crippen molar-refractivity contribution in [1.29, 1.82) is 0 Å². The highest BCUT2D eigenvalue weighted by molar-refractivity contribution is 6.29. The van der Waals surface area contributed by atoms with Gasteiger partial charge in [0.2, 0.25) is 11.8 Å². The molecule has 60 heavy (non-hydrogen) atoms. The number of hydrogen-bond acceptors (Lipinski definition) is 4. The van der Waals surface area contributed by atoms with Crippen LogP contribution in [-0.4, -0.2) is 0 Å². The Kier molecular flexibility index (Phi) is 8.91. The molecule has 10 rings (SSSR count). The molecule has 294 valence electrons. The normalized spacial score (nSPS) is 12.2. The maximum Gasteiger partial charge on any atom is 0.205 e. The largest absolute Gasteiger partial charge is 0.440 e. The molecular formula is C56H48N2O2. The first kappa shape index (κ1) is 37.2. The first-order valence-electron chi connectivity index (χ1n) is 20.8. The van der Waals surface area contributed by atoms with Crippen LogP contribution in [0.3, 0.4) is 0 Å². The molecule has 4 nitrogen and oxygen atoms in total. The van der Waals surface area contributed by atoms with E-state index in [0.29, 0.717) is 0 Å². The molecule has 0 saturated carbocycles. The second-order valence-electron chi connectivity index (χ2n) is 17.9. The summed E-state index contributed by atoms with van der Waals surface area (Å²) in [5.41, 5.74) is 8.62. The van der Waals surface area contributed by atoms with Crippen molar-refractivity contribution in [1.82, 2.24) is 0 Å². The lowest BCUT2D eigenvalue weighted by molar-refractivity contribution is 0.587. The van der Waals surface area contributed by atoms with E-state index in [0.717, 1.165) is 57.2 Å². The van der Waals surface area contributed by atoms with Crippen LogP contribution in [0.2, 0.25) is 0 Å². The fourth-order valence-electron chi connectivity index (χ4n) is 8.58. The quantitative estimate of drug-likeness (QED) is 0.144. The van der Waals surface area contributed by atoms with E-state index >= 15 is 0 Å². The van der Waals surface area contributed by atoms with Gasteiger partial charge in [0.1, 0.15) is 11.5 Å². The lowest BCUT2D eigenvalue weighted by Crippen LogP contribution is -2.12. The summed E-state index contributed by atoms with van der Waals surface area (Å²) < 4.78 is 14.0. The van der Waals surface area contributed by atoms with Crippen LogP contribution in [0.25, 0.3) is 55.0 Å². The van der Waals surface area contributed by atoms with E-state index in [1.54, 1.807) is 0 Å². The molecule has 10 aromatic rings. The summed E-state index contributed by atoms with van der Waals surface area (Å²) in [5.74, 6) is 3.18. The van der Waals surface area contributed by atoms with Gasteiger partial charge in [0.15, 0.2) is 0 Å². The predicted molar refractivity (Wildman–Crippen MR) is 252 cm³/mol. The summed E-state index contributed by atoms with van der Waals surface area (Å²) in [6.45, 7) is 13.7. The molecule has 0 aliphatic heterocycles. The Balaban J connectivity index is 1.21. The molecule has 8 aromatic carbocycles. The number of rotatable bonds is 8. The third kappa shape index (κ3) is 6.59. The molecule has 0 atom stereocenters. The fraction of sp³-hybridized carbons (Fsp3) is 0.143. The smallest absolute Gasteiger partial charge is 0.205 e. The highest BCUT2D eigenvalue weighted by atomic mass is 16.4. The molecule has 0 radical (unpaired) electrons. The highest BCUT2D eigenvalue weighted by Crippen LogP contribution is 2.49. The molecule has 0 aliphatic carbocycles. The van der Waals surface area contributed by atoms with Crippen molar-refractivity contribution in [2.75, 3.05) is 9.80 Å². The van der Waals surface area contributed by atoms with Gasteiger partial charge in [-0.2, -0.15) is 0 Å². The lowest BCUT2D eigenvalue weighted by atomic mass is 9.79. The zero-order valence-corrected chi connectivity index (χ0v) is 35.0. The van der Waals surface area contributed by atoms with Gasteiger partial charge < -0.3 is 8.83 Å². The van der Waals surface area contributed by atoms with E-state index in [1.807, 2.05) is 24.3 Å². The van der Waals surface area contributed by atoms with Gasteiger partial charge in [-0.15, -0.1) is 0 Å². The average Bonchev–Trinajstić information content (AvgIpc) is 3.94. The van der Waals surface area contributed by atoms with Gasteiger partial charge >= 0.3 is 0 Å². The molecule has 0 unspecified atom stereocenters. The third-order valence-corrected chi connectivity index (χ3v) is 11.7. The number of hydrogen-bond donors (Lipinski definition) is 0. The predicted octanol–water partition coefficient (Wildman–Crippen LogP) is 16.6. The summed E-state index contributed by atoms with van der Waals surface area (Å²) in [6, 6.07) is 64.4. The number of anilines is 6. The van der Waals surface area contributed by atoms with Crippen molar-refractivity contribution >= 4 is 66.8 Å². The maximum atomic E-state index is 6.99. The van der Waals surface area contributed by atoms with Crippen LogP contribution in [0.4, 0.5) is 34.5 Å². The van der Waals surface area contributed by atoms with Gasteiger partial charge in [0.25, 0.3) is 0 Å². The van der Waals surface area contributed by atoms with Crippen LogP contribution < -0.4 is 9.80 Å². The van der Waals surface area contributed by atoms with Gasteiger partial charge in [0, 0.05) is 46.0 Å². The first-order chi connectivity index (χ1) is 29.0. The van der Waals surface area contributed by atoms with Crippen molar-refractivity contribution < 1.29 is 8.83 Å². The Morgan fingerprint density at radius 3 is 0.967 bits per heavy atom. The summed E-state index contributed by atoms with van der Waals surface area (Å²) >= 11 is 0. The molecule has 0 bridgehead atoms. The average molecular weight is 781 g/mol. The van der Waals surface area contributed by atoms with Crippen LogP contribution in [0.5, 0.6) is 0 Å². The van der Waals surface area contributed by atoms with Gasteiger partial charge in [-0.05, 0) is 139 Å². The van der Waals surface area contributed by atoms with Crippen LogP contribution in [0, 0.1) is 0 Å². The van der Waals surface area contributed by atoms with E-state index in [-0.39, 0.29) is 10.8 Å². The van der Waals surface area contributed by atoms with Gasteiger partial charge in [-0.25, -0.2) is 0 Å². The zero-order valence-electron chi connectivity index (χ0n) is 35.0. The van der Waals surface area contributed by atoms with Gasteiger partial charge in [-0.1, -0.05) is 126 Å². The number of benzene rings is 8. The van der Waals surface area contributed by atoms with E-state index in [2.05, 4.69) is 209 Å². The monoisotopic (exact) mass is 780 g/mol. The molecule has 0 N–H and O–H groups in total. The van der Waals surface area contributed by atoms with Gasteiger partial charge in [0.05, 0.1) is 0 Å². The van der Waals surface area contributed by atoms with Crippen LogP contribution in [0.15, 0.2) is 191 Å². The minimum Gasteiger partial charge on any atom is -0.440 e. The Bertz CT molecular complexity index is 2800. The summed E-state index contributed by atoms with van der Waals surface area (Å²) in [7, 11) is 0. The summed E-state index contributed by atoms with van der Waals surface area (Å²) in [6.07, 6.45) is 0. The number of nitrogens with zero attached hydrogens (tertiary/aromatic N) is 2. The topological polar surface area (TPSA) is 32.8 Å². The Morgan fingerprint density at radius 2 is 0.667 bits per heavy atom. The second-order valence-corrected chi connectivity index (χ2v) is 17.9. The molecule has 2 heterocycles. The number of para-hydroxylation sites is 4. The minimum absolute atomic E-state index is 0.100. The maximum absolute atomic E-state index is 6.99. The molecule has 0 aliphatic rings. The molecule has 0 spiro atoms. The highest BCUT2D eigenvalue weighted by Gasteiger charge is 2.27. The lowest BCUT2D eigenvalue weighted by Gasteiger charge is -2.25. The van der Waals surface area contributed by atoms with Gasteiger partial charge in [-0.3, -0.25) is 9.80 Å². The van der Waals surface area contributed by atoms with E-state index in [1.165, 1.54) is 43.4 Å².